The summed E-state index contributed by atoms with van der Waals surface area (Å²) in [6, 6.07) is 12.1. The summed E-state index contributed by atoms with van der Waals surface area (Å²) in [7, 11) is -3.49. The van der Waals surface area contributed by atoms with Crippen LogP contribution in [0.15, 0.2) is 54.8 Å². The molecule has 6 nitrogen and oxygen atoms in total. The number of hydrogen-bond donors (Lipinski definition) is 0. The molecule has 10 heteroatoms. The molecule has 1 aliphatic carbocycles. The van der Waals surface area contributed by atoms with Crippen molar-refractivity contribution in [1.82, 2.24) is 4.31 Å². The molecule has 1 aliphatic heterocycles. The number of rotatable bonds is 12. The van der Waals surface area contributed by atoms with Crippen molar-refractivity contribution in [2.75, 3.05) is 20.5 Å². The van der Waals surface area contributed by atoms with E-state index in [4.69, 9.17) is 14.2 Å². The fourth-order valence-corrected chi connectivity index (χ4v) is 9.16. The van der Waals surface area contributed by atoms with Gasteiger partial charge in [-0.25, -0.2) is 17.2 Å². The van der Waals surface area contributed by atoms with Gasteiger partial charge in [-0.05, 0) is 69.3 Å². The molecule has 0 radical (unpaired) electrons. The smallest absolute Gasteiger partial charge is 0.221 e. The summed E-state index contributed by atoms with van der Waals surface area (Å²) in [5, 5.41) is -0.711. The van der Waals surface area contributed by atoms with Gasteiger partial charge in [0.15, 0.2) is 0 Å². The van der Waals surface area contributed by atoms with Gasteiger partial charge >= 0.3 is 0 Å². The fraction of sp³-hybridized carbons (Fsp3) is 0.562. The minimum Gasteiger partial charge on any atom is -0.505 e. The SMILES string of the molecule is COC=C[C@]1(c2cc(F)c(CN3[C@@H](C)CC[C@H](c4ccccc4)S3(=O)=O)cc2F)C[C@@](C)(OCOCC[Si](C)(C)C)C1. The molecule has 0 aromatic heterocycles. The maximum absolute atomic E-state index is 15.8. The first kappa shape index (κ1) is 32.8. The van der Waals surface area contributed by atoms with Gasteiger partial charge in [-0.3, -0.25) is 0 Å². The molecule has 2 aliphatic rings. The van der Waals surface area contributed by atoms with Gasteiger partial charge in [-0.15, -0.1) is 0 Å². The number of sulfonamides is 1. The molecule has 232 valence electrons. The fourth-order valence-electron chi connectivity index (χ4n) is 6.21. The highest BCUT2D eigenvalue weighted by molar-refractivity contribution is 7.89. The van der Waals surface area contributed by atoms with Crippen LogP contribution in [0.25, 0.3) is 0 Å². The van der Waals surface area contributed by atoms with E-state index >= 15 is 8.78 Å². The molecule has 2 atom stereocenters. The first-order valence-corrected chi connectivity index (χ1v) is 19.9. The highest BCUT2D eigenvalue weighted by atomic mass is 32.2. The summed E-state index contributed by atoms with van der Waals surface area (Å²) >= 11 is 0. The van der Waals surface area contributed by atoms with Crippen molar-refractivity contribution >= 4 is 18.1 Å². The molecule has 2 aromatic carbocycles. The summed E-state index contributed by atoms with van der Waals surface area (Å²) in [5.41, 5.74) is -0.465. The Kier molecular flexibility index (Phi) is 10.0. The minimum absolute atomic E-state index is 0.0143. The summed E-state index contributed by atoms with van der Waals surface area (Å²) in [4.78, 5) is 0. The Labute approximate surface area is 251 Å². The summed E-state index contributed by atoms with van der Waals surface area (Å²) in [5.74, 6) is -1.22. The second kappa shape index (κ2) is 12.9. The van der Waals surface area contributed by atoms with Crippen molar-refractivity contribution < 1.29 is 31.4 Å². The van der Waals surface area contributed by atoms with Crippen LogP contribution in [0, 0.1) is 11.6 Å². The van der Waals surface area contributed by atoms with Crippen LogP contribution >= 0.6 is 0 Å². The van der Waals surface area contributed by atoms with Gasteiger partial charge in [0.05, 0.1) is 19.0 Å². The van der Waals surface area contributed by atoms with Gasteiger partial charge in [0.1, 0.15) is 23.7 Å². The Morgan fingerprint density at radius 1 is 1.07 bits per heavy atom. The van der Waals surface area contributed by atoms with E-state index in [-0.39, 0.29) is 30.5 Å². The average Bonchev–Trinajstić information content (AvgIpc) is 2.89. The molecule has 2 fully saturated rings. The zero-order valence-electron chi connectivity index (χ0n) is 25.7. The molecule has 1 saturated heterocycles. The van der Waals surface area contributed by atoms with Crippen LogP contribution in [-0.4, -0.2) is 52.9 Å². The normalized spacial score (nSPS) is 28.1. The third-order valence-corrected chi connectivity index (χ3v) is 12.7. The summed E-state index contributed by atoms with van der Waals surface area (Å²) < 4.78 is 77.0. The molecule has 1 saturated carbocycles. The number of halogens is 2. The first-order valence-electron chi connectivity index (χ1n) is 14.7. The predicted octanol–water partition coefficient (Wildman–Crippen LogP) is 7.30. The Hall–Kier alpha value is -2.11. The lowest BCUT2D eigenvalue weighted by molar-refractivity contribution is -0.181. The highest BCUT2D eigenvalue weighted by Crippen LogP contribution is 2.54. The van der Waals surface area contributed by atoms with Gasteiger partial charge in [-0.1, -0.05) is 50.0 Å². The molecule has 0 bridgehead atoms. The van der Waals surface area contributed by atoms with E-state index in [1.807, 2.05) is 32.0 Å². The maximum Gasteiger partial charge on any atom is 0.221 e. The van der Waals surface area contributed by atoms with Crippen molar-refractivity contribution in [2.24, 2.45) is 0 Å². The van der Waals surface area contributed by atoms with Crippen LogP contribution in [0.5, 0.6) is 0 Å². The zero-order chi connectivity index (χ0) is 30.8. The second-order valence-electron chi connectivity index (χ2n) is 13.3. The molecule has 0 spiro atoms. The highest BCUT2D eigenvalue weighted by Gasteiger charge is 2.54. The molecule has 0 N–H and O–H groups in total. The van der Waals surface area contributed by atoms with E-state index in [2.05, 4.69) is 19.6 Å². The number of ether oxygens (including phenoxy) is 3. The molecular formula is C32H45F2NO5SSi. The summed E-state index contributed by atoms with van der Waals surface area (Å²) in [6.07, 6.45) is 5.20. The van der Waals surface area contributed by atoms with Crippen LogP contribution in [-0.2, 0) is 36.2 Å². The number of hydrogen-bond acceptors (Lipinski definition) is 5. The van der Waals surface area contributed by atoms with E-state index in [0.29, 0.717) is 37.9 Å². The van der Waals surface area contributed by atoms with E-state index < -0.39 is 46.0 Å². The van der Waals surface area contributed by atoms with Crippen molar-refractivity contribution in [3.8, 4) is 0 Å². The lowest BCUT2D eigenvalue weighted by Crippen LogP contribution is -2.54. The van der Waals surface area contributed by atoms with Gasteiger partial charge in [-0.2, -0.15) is 4.31 Å². The largest absolute Gasteiger partial charge is 0.505 e. The summed E-state index contributed by atoms with van der Waals surface area (Å²) in [6.45, 7) is 11.2. The van der Waals surface area contributed by atoms with Crippen LogP contribution in [0.2, 0.25) is 25.7 Å². The first-order chi connectivity index (χ1) is 19.7. The average molecular weight is 622 g/mol. The molecule has 2 aromatic rings. The third-order valence-electron chi connectivity index (χ3n) is 8.58. The number of methoxy groups -OCH3 is 1. The van der Waals surface area contributed by atoms with E-state index in [1.165, 1.54) is 23.7 Å². The molecule has 1 heterocycles. The van der Waals surface area contributed by atoms with Crippen LogP contribution in [0.4, 0.5) is 8.78 Å². The third kappa shape index (κ3) is 7.33. The van der Waals surface area contributed by atoms with Gasteiger partial charge in [0.25, 0.3) is 0 Å². The maximum atomic E-state index is 15.8. The van der Waals surface area contributed by atoms with E-state index in [1.54, 1.807) is 18.2 Å². The van der Waals surface area contributed by atoms with Gasteiger partial charge in [0, 0.05) is 43.8 Å². The van der Waals surface area contributed by atoms with E-state index in [9.17, 15) is 8.42 Å². The molecule has 4 rings (SSSR count). The molecule has 0 amide bonds. The minimum atomic E-state index is -3.78. The van der Waals surface area contributed by atoms with Crippen LogP contribution < -0.4 is 0 Å². The van der Waals surface area contributed by atoms with Crippen molar-refractivity contribution in [3.63, 3.8) is 0 Å². The standard InChI is InChI=1S/C32H45F2NO5SSi/c1-24-12-13-30(25-10-8-7-9-11-25)41(36,37)35(24)20-26-18-29(34)27(19-28(26)33)32(14-15-38-3)21-31(2,22-32)40-23-39-16-17-42(4,5)6/h7-11,14-15,18-19,24,30H,12-13,16-17,20-23H2,1-6H3/t24-,30+,31-,32+/m0/s1. The molecule has 42 heavy (non-hydrogen) atoms. The second-order valence-corrected chi connectivity index (χ2v) is 21.0. The predicted molar refractivity (Wildman–Crippen MR) is 164 cm³/mol. The quantitative estimate of drug-likeness (QED) is 0.108. The monoisotopic (exact) mass is 621 g/mol. The van der Waals surface area contributed by atoms with Gasteiger partial charge in [0.2, 0.25) is 10.0 Å². The van der Waals surface area contributed by atoms with Crippen molar-refractivity contribution in [1.29, 1.82) is 0 Å². The van der Waals surface area contributed by atoms with Gasteiger partial charge < -0.3 is 14.2 Å². The Bertz CT molecular complexity index is 1360. The van der Waals surface area contributed by atoms with Crippen molar-refractivity contribution in [3.05, 3.63) is 83.1 Å². The van der Waals surface area contributed by atoms with Crippen LogP contribution in [0.1, 0.15) is 61.5 Å². The van der Waals surface area contributed by atoms with Crippen LogP contribution in [0.3, 0.4) is 0 Å². The lowest BCUT2D eigenvalue weighted by atomic mass is 9.56. The number of allylic oxidation sites excluding steroid dienone is 1. The van der Waals surface area contributed by atoms with Crippen molar-refractivity contribution in [2.45, 2.75) is 94.1 Å². The molecular weight excluding hydrogens is 577 g/mol. The Morgan fingerprint density at radius 3 is 2.40 bits per heavy atom. The van der Waals surface area contributed by atoms with E-state index in [0.717, 1.165) is 12.1 Å². The Morgan fingerprint density at radius 2 is 1.76 bits per heavy atom. The number of nitrogens with zero attached hydrogens (tertiary/aromatic N) is 1. The number of benzene rings is 2. The molecule has 0 unspecified atom stereocenters. The lowest BCUT2D eigenvalue weighted by Gasteiger charge is -2.53. The zero-order valence-corrected chi connectivity index (χ0v) is 27.5. The Balaban J connectivity index is 1.52. The topological polar surface area (TPSA) is 65.1 Å².